The van der Waals surface area contributed by atoms with Gasteiger partial charge in [0.05, 0.1) is 30.1 Å². The van der Waals surface area contributed by atoms with E-state index in [4.69, 9.17) is 15.9 Å². The minimum absolute atomic E-state index is 0.108. The fourth-order valence-corrected chi connectivity index (χ4v) is 5.43. The monoisotopic (exact) mass is 363 g/mol. The Morgan fingerprint density at radius 1 is 1.42 bits per heavy atom. The van der Waals surface area contributed by atoms with Crippen molar-refractivity contribution in [3.8, 4) is 12.3 Å². The standard InChI is InChI=1S/C21H33NO4/c1-6-21-12-16(19(24)26-7-2)17(25-5)18(23)20(21,4)10-11-22(14(21)3)13-15-8-9-15/h1,14-18,23H,7-13H2,2-5H3/t14-,16+,17?,18+,20-,21-/m1/s1. The number of nitrogens with zero attached hydrogens (tertiary/aromatic N) is 1. The zero-order chi connectivity index (χ0) is 19.1. The second-order valence-electron chi connectivity index (χ2n) is 8.61. The lowest BCUT2D eigenvalue weighted by molar-refractivity contribution is -0.218. The minimum atomic E-state index is -0.794. The molecule has 5 heteroatoms. The molecule has 1 heterocycles. The van der Waals surface area contributed by atoms with Crippen molar-refractivity contribution in [1.82, 2.24) is 4.90 Å². The molecular formula is C21H33NO4. The zero-order valence-electron chi connectivity index (χ0n) is 16.5. The number of esters is 1. The Morgan fingerprint density at radius 3 is 2.65 bits per heavy atom. The molecule has 2 aliphatic carbocycles. The summed E-state index contributed by atoms with van der Waals surface area (Å²) in [6.07, 6.45) is 8.66. The van der Waals surface area contributed by atoms with E-state index in [9.17, 15) is 9.90 Å². The predicted molar refractivity (Wildman–Crippen MR) is 99.3 cm³/mol. The van der Waals surface area contributed by atoms with Crippen molar-refractivity contribution in [3.05, 3.63) is 0 Å². The number of terminal acetylenes is 1. The van der Waals surface area contributed by atoms with Crippen molar-refractivity contribution in [2.75, 3.05) is 26.8 Å². The van der Waals surface area contributed by atoms with Gasteiger partial charge < -0.3 is 14.6 Å². The highest BCUT2D eigenvalue weighted by molar-refractivity contribution is 5.74. The molecule has 3 aliphatic rings. The zero-order valence-corrected chi connectivity index (χ0v) is 16.5. The lowest BCUT2D eigenvalue weighted by Gasteiger charge is -2.63. The molecule has 0 aromatic rings. The number of aliphatic hydroxyl groups excluding tert-OH is 1. The fraction of sp³-hybridized carbons (Fsp3) is 0.857. The summed E-state index contributed by atoms with van der Waals surface area (Å²) in [6.45, 7) is 8.34. The Morgan fingerprint density at radius 2 is 2.12 bits per heavy atom. The highest BCUT2D eigenvalue weighted by Gasteiger charge is 2.65. The summed E-state index contributed by atoms with van der Waals surface area (Å²) in [5, 5.41) is 11.3. The van der Waals surface area contributed by atoms with Crippen LogP contribution in [0.4, 0.5) is 0 Å². The van der Waals surface area contributed by atoms with Gasteiger partial charge in [-0.3, -0.25) is 9.69 Å². The highest BCUT2D eigenvalue weighted by Crippen LogP contribution is 2.60. The van der Waals surface area contributed by atoms with Crippen molar-refractivity contribution < 1.29 is 19.4 Å². The van der Waals surface area contributed by atoms with Gasteiger partial charge in [0.25, 0.3) is 0 Å². The number of likely N-dealkylation sites (tertiary alicyclic amines) is 1. The fourth-order valence-electron chi connectivity index (χ4n) is 5.43. The summed E-state index contributed by atoms with van der Waals surface area (Å²) in [4.78, 5) is 15.1. The van der Waals surface area contributed by atoms with Crippen LogP contribution in [0.3, 0.4) is 0 Å². The molecule has 0 radical (unpaired) electrons. The molecule has 1 saturated heterocycles. The van der Waals surface area contributed by atoms with Crippen LogP contribution in [0.15, 0.2) is 0 Å². The number of rotatable bonds is 5. The summed E-state index contributed by atoms with van der Waals surface area (Å²) in [7, 11) is 1.55. The maximum atomic E-state index is 12.6. The third-order valence-corrected chi connectivity index (χ3v) is 7.41. The van der Waals surface area contributed by atoms with Crippen LogP contribution in [-0.4, -0.2) is 61.0 Å². The molecule has 0 bridgehead atoms. The smallest absolute Gasteiger partial charge is 0.311 e. The van der Waals surface area contributed by atoms with Crippen LogP contribution in [0.2, 0.25) is 0 Å². The van der Waals surface area contributed by atoms with Crippen molar-refractivity contribution in [2.45, 2.75) is 64.7 Å². The number of methoxy groups -OCH3 is 1. The lowest BCUT2D eigenvalue weighted by Crippen LogP contribution is -2.70. The van der Waals surface area contributed by atoms with Crippen molar-refractivity contribution >= 4 is 5.97 Å². The molecule has 5 nitrogen and oxygen atoms in total. The van der Waals surface area contributed by atoms with Crippen LogP contribution in [0.1, 0.15) is 46.5 Å². The van der Waals surface area contributed by atoms with E-state index >= 15 is 0 Å². The predicted octanol–water partition coefficient (Wildman–Crippen LogP) is 2.08. The Balaban J connectivity index is 1.97. The topological polar surface area (TPSA) is 59.0 Å². The Labute approximate surface area is 157 Å². The van der Waals surface area contributed by atoms with Crippen LogP contribution >= 0.6 is 0 Å². The van der Waals surface area contributed by atoms with E-state index in [2.05, 4.69) is 24.7 Å². The number of carbonyl (C=O) groups is 1. The molecule has 6 atom stereocenters. The third kappa shape index (κ3) is 2.87. The summed E-state index contributed by atoms with van der Waals surface area (Å²) in [5.41, 5.74) is -1.06. The van der Waals surface area contributed by atoms with E-state index in [-0.39, 0.29) is 12.0 Å². The number of carbonyl (C=O) groups excluding carboxylic acids is 1. The SMILES string of the molecule is C#C[C@]12C[C@H](C(=O)OCC)C(OC)[C@H](O)[C@@]1(C)CCN(CC1CC1)[C@@H]2C. The van der Waals surface area contributed by atoms with Gasteiger partial charge in [-0.2, -0.15) is 0 Å². The first-order valence-corrected chi connectivity index (χ1v) is 9.94. The average molecular weight is 363 g/mol. The van der Waals surface area contributed by atoms with Gasteiger partial charge in [-0.15, -0.1) is 6.42 Å². The number of hydrogen-bond donors (Lipinski definition) is 1. The quantitative estimate of drug-likeness (QED) is 0.599. The summed E-state index contributed by atoms with van der Waals surface area (Å²) >= 11 is 0. The molecule has 0 aromatic heterocycles. The molecule has 1 aliphatic heterocycles. The molecule has 1 unspecified atom stereocenters. The first-order chi connectivity index (χ1) is 12.3. The van der Waals surface area contributed by atoms with E-state index in [0.717, 1.165) is 25.4 Å². The number of aliphatic hydroxyl groups is 1. The maximum absolute atomic E-state index is 12.6. The van der Waals surface area contributed by atoms with Gasteiger partial charge in [0, 0.05) is 25.1 Å². The van der Waals surface area contributed by atoms with E-state index in [1.807, 2.05) is 0 Å². The van der Waals surface area contributed by atoms with E-state index < -0.39 is 29.0 Å². The van der Waals surface area contributed by atoms with Gasteiger partial charge in [-0.1, -0.05) is 12.8 Å². The molecule has 3 fully saturated rings. The molecule has 3 rings (SSSR count). The van der Waals surface area contributed by atoms with Crippen LogP contribution in [0, 0.1) is 35.0 Å². The van der Waals surface area contributed by atoms with Crippen LogP contribution in [0.5, 0.6) is 0 Å². The third-order valence-electron chi connectivity index (χ3n) is 7.41. The van der Waals surface area contributed by atoms with E-state index in [1.165, 1.54) is 12.8 Å². The number of ether oxygens (including phenoxy) is 2. The van der Waals surface area contributed by atoms with Crippen LogP contribution in [-0.2, 0) is 14.3 Å². The minimum Gasteiger partial charge on any atom is -0.466 e. The highest BCUT2D eigenvalue weighted by atomic mass is 16.5. The molecule has 26 heavy (non-hydrogen) atoms. The number of hydrogen-bond acceptors (Lipinski definition) is 5. The van der Waals surface area contributed by atoms with Gasteiger partial charge in [-0.05, 0) is 52.0 Å². The van der Waals surface area contributed by atoms with Crippen LogP contribution < -0.4 is 0 Å². The van der Waals surface area contributed by atoms with E-state index in [1.54, 1.807) is 14.0 Å². The van der Waals surface area contributed by atoms with Gasteiger partial charge in [-0.25, -0.2) is 0 Å². The van der Waals surface area contributed by atoms with Gasteiger partial charge >= 0.3 is 5.97 Å². The normalized spacial score (nSPS) is 43.4. The Hall–Kier alpha value is -1.09. The second kappa shape index (κ2) is 7.14. The average Bonchev–Trinajstić information content (AvgIpc) is 3.44. The largest absolute Gasteiger partial charge is 0.466 e. The van der Waals surface area contributed by atoms with Crippen molar-refractivity contribution in [3.63, 3.8) is 0 Å². The Bertz CT molecular complexity index is 583. The molecule has 2 saturated carbocycles. The first kappa shape index (κ1) is 19.7. The van der Waals surface area contributed by atoms with Gasteiger partial charge in [0.15, 0.2) is 0 Å². The molecule has 0 amide bonds. The number of fused-ring (bicyclic) bond motifs is 1. The van der Waals surface area contributed by atoms with Crippen LogP contribution in [0.25, 0.3) is 0 Å². The molecular weight excluding hydrogens is 330 g/mol. The van der Waals surface area contributed by atoms with Gasteiger partial charge in [0.2, 0.25) is 0 Å². The Kier molecular flexibility index (Phi) is 5.40. The van der Waals surface area contributed by atoms with Crippen molar-refractivity contribution in [2.24, 2.45) is 22.7 Å². The summed E-state index contributed by atoms with van der Waals surface area (Å²) in [5.74, 6) is 2.99. The first-order valence-electron chi connectivity index (χ1n) is 9.94. The second-order valence-corrected chi connectivity index (χ2v) is 8.61. The molecule has 1 N–H and O–H groups in total. The molecule has 0 spiro atoms. The summed E-state index contributed by atoms with van der Waals surface area (Å²) in [6, 6.07) is 0.108. The summed E-state index contributed by atoms with van der Waals surface area (Å²) < 4.78 is 10.9. The lowest BCUT2D eigenvalue weighted by atomic mass is 9.47. The van der Waals surface area contributed by atoms with Gasteiger partial charge in [0.1, 0.15) is 0 Å². The molecule has 0 aromatic carbocycles. The van der Waals surface area contributed by atoms with Crippen molar-refractivity contribution in [1.29, 1.82) is 0 Å². The number of piperidine rings is 1. The molecule has 146 valence electrons. The maximum Gasteiger partial charge on any atom is 0.311 e. The van der Waals surface area contributed by atoms with E-state index in [0.29, 0.717) is 13.0 Å².